The van der Waals surface area contributed by atoms with Gasteiger partial charge in [0.25, 0.3) is 5.91 Å². The molecule has 0 unspecified atom stereocenters. The Kier molecular flexibility index (Phi) is 6.18. The molecule has 0 atom stereocenters. The summed E-state index contributed by atoms with van der Waals surface area (Å²) in [4.78, 5) is 52.2. The molecule has 0 aromatic heterocycles. The molecule has 9 nitrogen and oxygen atoms in total. The van der Waals surface area contributed by atoms with Gasteiger partial charge in [-0.2, -0.15) is 0 Å². The highest BCUT2D eigenvalue weighted by atomic mass is 16.2. The van der Waals surface area contributed by atoms with Crippen molar-refractivity contribution in [2.24, 2.45) is 0 Å². The zero-order valence-electron chi connectivity index (χ0n) is 15.9. The summed E-state index contributed by atoms with van der Waals surface area (Å²) < 4.78 is 0. The minimum Gasteiger partial charge on any atom is -0.352 e. The van der Waals surface area contributed by atoms with Crippen molar-refractivity contribution in [1.29, 1.82) is 0 Å². The first kappa shape index (κ1) is 19.4. The van der Waals surface area contributed by atoms with Crippen LogP contribution in [0.15, 0.2) is 0 Å². The fourth-order valence-corrected chi connectivity index (χ4v) is 3.98. The quantitative estimate of drug-likeness (QED) is 0.695. The molecular formula is C18H29N5O4. The lowest BCUT2D eigenvalue weighted by Crippen LogP contribution is -2.52. The van der Waals surface area contributed by atoms with Crippen LogP contribution in [0.25, 0.3) is 0 Å². The minimum absolute atomic E-state index is 0.0111. The zero-order valence-corrected chi connectivity index (χ0v) is 15.9. The second-order valence-corrected chi connectivity index (χ2v) is 7.73. The molecule has 2 saturated heterocycles. The van der Waals surface area contributed by atoms with Crippen LogP contribution in [0.2, 0.25) is 0 Å². The van der Waals surface area contributed by atoms with E-state index in [1.165, 1.54) is 31.2 Å². The van der Waals surface area contributed by atoms with E-state index in [0.717, 1.165) is 17.7 Å². The standard InChI is InChI=1S/C18H29N5O4/c1-21-12-16(25)23(18(21)27)11-15(24)19-14-7-9-22(10-8-14)17(26)20-13-5-3-2-4-6-13/h13-14H,2-12H2,1H3,(H,19,24)(H,20,26). The zero-order chi connectivity index (χ0) is 19.4. The van der Waals surface area contributed by atoms with Gasteiger partial charge in [0.1, 0.15) is 13.1 Å². The van der Waals surface area contributed by atoms with Gasteiger partial charge in [0.2, 0.25) is 5.91 Å². The molecular weight excluding hydrogens is 350 g/mol. The van der Waals surface area contributed by atoms with Crippen LogP contribution in [0, 0.1) is 0 Å². The summed E-state index contributed by atoms with van der Waals surface area (Å²) in [5.41, 5.74) is 0. The number of urea groups is 2. The molecule has 2 N–H and O–H groups in total. The van der Waals surface area contributed by atoms with Crippen LogP contribution < -0.4 is 10.6 Å². The number of piperidine rings is 1. The smallest absolute Gasteiger partial charge is 0.327 e. The van der Waals surface area contributed by atoms with Crippen molar-refractivity contribution >= 4 is 23.9 Å². The Hall–Kier alpha value is -2.32. The number of imide groups is 1. The van der Waals surface area contributed by atoms with E-state index in [1.807, 2.05) is 0 Å². The van der Waals surface area contributed by atoms with Gasteiger partial charge >= 0.3 is 12.1 Å². The average Bonchev–Trinajstić information content (AvgIpc) is 2.89. The van der Waals surface area contributed by atoms with E-state index >= 15 is 0 Å². The Morgan fingerprint density at radius 1 is 0.963 bits per heavy atom. The number of amides is 6. The predicted octanol–water partition coefficient (Wildman–Crippen LogP) is 0.503. The van der Waals surface area contributed by atoms with Crippen molar-refractivity contribution in [3.8, 4) is 0 Å². The van der Waals surface area contributed by atoms with Crippen molar-refractivity contribution in [3.05, 3.63) is 0 Å². The summed E-state index contributed by atoms with van der Waals surface area (Å²) in [7, 11) is 1.53. The highest BCUT2D eigenvalue weighted by Gasteiger charge is 2.35. The highest BCUT2D eigenvalue weighted by molar-refractivity contribution is 6.04. The Morgan fingerprint density at radius 3 is 2.19 bits per heavy atom. The van der Waals surface area contributed by atoms with E-state index in [0.29, 0.717) is 25.9 Å². The number of carbonyl (C=O) groups is 4. The van der Waals surface area contributed by atoms with Gasteiger partial charge < -0.3 is 20.4 Å². The lowest BCUT2D eigenvalue weighted by atomic mass is 9.95. The Bertz CT molecular complexity index is 597. The maximum absolute atomic E-state index is 12.4. The van der Waals surface area contributed by atoms with Crippen LogP contribution in [-0.2, 0) is 9.59 Å². The number of likely N-dealkylation sites (N-methyl/N-ethyl adjacent to an activating group) is 1. The fraction of sp³-hybridized carbons (Fsp3) is 0.778. The van der Waals surface area contributed by atoms with Gasteiger partial charge in [0.05, 0.1) is 0 Å². The molecule has 9 heteroatoms. The molecule has 3 rings (SSSR count). The third-order valence-electron chi connectivity index (χ3n) is 5.61. The van der Waals surface area contributed by atoms with E-state index < -0.39 is 6.03 Å². The van der Waals surface area contributed by atoms with Gasteiger partial charge in [-0.15, -0.1) is 0 Å². The first-order chi connectivity index (χ1) is 12.9. The normalized spacial score (nSPS) is 22.3. The molecule has 27 heavy (non-hydrogen) atoms. The van der Waals surface area contributed by atoms with Crippen LogP contribution in [-0.4, -0.2) is 83.9 Å². The second kappa shape index (κ2) is 8.58. The fourth-order valence-electron chi connectivity index (χ4n) is 3.98. The van der Waals surface area contributed by atoms with E-state index in [1.54, 1.807) is 4.90 Å². The van der Waals surface area contributed by atoms with Gasteiger partial charge in [0, 0.05) is 32.2 Å². The molecule has 150 valence electrons. The number of nitrogens with one attached hydrogen (secondary N) is 2. The highest BCUT2D eigenvalue weighted by Crippen LogP contribution is 2.18. The maximum atomic E-state index is 12.4. The monoisotopic (exact) mass is 379 g/mol. The maximum Gasteiger partial charge on any atom is 0.327 e. The van der Waals surface area contributed by atoms with Gasteiger partial charge in [0.15, 0.2) is 0 Å². The topological polar surface area (TPSA) is 102 Å². The number of rotatable bonds is 4. The van der Waals surface area contributed by atoms with Crippen LogP contribution in [0.3, 0.4) is 0 Å². The van der Waals surface area contributed by atoms with Crippen molar-refractivity contribution in [3.63, 3.8) is 0 Å². The molecule has 2 heterocycles. The molecule has 6 amide bonds. The third kappa shape index (κ3) is 4.90. The van der Waals surface area contributed by atoms with Crippen molar-refractivity contribution in [2.45, 2.75) is 57.0 Å². The van der Waals surface area contributed by atoms with Crippen LogP contribution in [0.1, 0.15) is 44.9 Å². The van der Waals surface area contributed by atoms with Crippen LogP contribution in [0.4, 0.5) is 9.59 Å². The van der Waals surface area contributed by atoms with Crippen molar-refractivity contribution in [1.82, 2.24) is 25.3 Å². The van der Waals surface area contributed by atoms with Crippen molar-refractivity contribution < 1.29 is 19.2 Å². The summed E-state index contributed by atoms with van der Waals surface area (Å²) in [6.07, 6.45) is 7.07. The summed E-state index contributed by atoms with van der Waals surface area (Å²) in [6.45, 7) is 0.951. The number of carbonyl (C=O) groups excluding carboxylic acids is 4. The Labute approximate surface area is 159 Å². The molecule has 0 spiro atoms. The minimum atomic E-state index is -0.440. The van der Waals surface area contributed by atoms with Gasteiger partial charge in [-0.25, -0.2) is 9.59 Å². The Balaban J connectivity index is 1.38. The Morgan fingerprint density at radius 2 is 1.59 bits per heavy atom. The molecule has 3 fully saturated rings. The SMILES string of the molecule is CN1CC(=O)N(CC(=O)NC2CCN(C(=O)NC3CCCCC3)CC2)C1=O. The van der Waals surface area contributed by atoms with Gasteiger partial charge in [-0.1, -0.05) is 19.3 Å². The lowest BCUT2D eigenvalue weighted by molar-refractivity contribution is -0.131. The molecule has 0 radical (unpaired) electrons. The largest absolute Gasteiger partial charge is 0.352 e. The summed E-state index contributed by atoms with van der Waals surface area (Å²) in [5.74, 6) is -0.691. The van der Waals surface area contributed by atoms with Crippen LogP contribution in [0.5, 0.6) is 0 Å². The number of likely N-dealkylation sites (tertiary alicyclic amines) is 1. The molecule has 3 aliphatic rings. The second-order valence-electron chi connectivity index (χ2n) is 7.73. The summed E-state index contributed by atoms with van der Waals surface area (Å²) in [5, 5.41) is 6.00. The van der Waals surface area contributed by atoms with Crippen molar-refractivity contribution in [2.75, 3.05) is 33.2 Å². The first-order valence-corrected chi connectivity index (χ1v) is 9.84. The molecule has 0 aromatic rings. The summed E-state index contributed by atoms with van der Waals surface area (Å²) in [6, 6.07) is -0.202. The molecule has 0 bridgehead atoms. The van der Waals surface area contributed by atoms with E-state index in [4.69, 9.17) is 0 Å². The number of nitrogens with zero attached hydrogens (tertiary/aromatic N) is 3. The molecule has 2 aliphatic heterocycles. The van der Waals surface area contributed by atoms with Gasteiger partial charge in [-0.05, 0) is 25.7 Å². The van der Waals surface area contributed by atoms with Crippen LogP contribution >= 0.6 is 0 Å². The number of hydrogen-bond acceptors (Lipinski definition) is 4. The number of hydrogen-bond donors (Lipinski definition) is 2. The molecule has 1 aliphatic carbocycles. The third-order valence-corrected chi connectivity index (χ3v) is 5.61. The predicted molar refractivity (Wildman–Crippen MR) is 97.9 cm³/mol. The molecule has 1 saturated carbocycles. The van der Waals surface area contributed by atoms with E-state index in [-0.39, 0.29) is 43.0 Å². The lowest BCUT2D eigenvalue weighted by Gasteiger charge is -2.34. The summed E-state index contributed by atoms with van der Waals surface area (Å²) >= 11 is 0. The van der Waals surface area contributed by atoms with Gasteiger partial charge in [-0.3, -0.25) is 14.5 Å². The first-order valence-electron chi connectivity index (χ1n) is 9.84. The average molecular weight is 379 g/mol. The molecule has 0 aromatic carbocycles. The van der Waals surface area contributed by atoms with E-state index in [9.17, 15) is 19.2 Å². The van der Waals surface area contributed by atoms with E-state index in [2.05, 4.69) is 10.6 Å².